The second-order valence-corrected chi connectivity index (χ2v) is 10.7. The largest absolute Gasteiger partial charge is 0.493 e. The van der Waals surface area contributed by atoms with Gasteiger partial charge in [0.25, 0.3) is 11.1 Å². The summed E-state index contributed by atoms with van der Waals surface area (Å²) in [5, 5.41) is 2.40. The Hall–Kier alpha value is -2.66. The molecule has 1 aromatic rings. The summed E-state index contributed by atoms with van der Waals surface area (Å²) in [4.78, 5) is 53.0. The number of imide groups is 1. The van der Waals surface area contributed by atoms with Gasteiger partial charge in [0.2, 0.25) is 11.8 Å². The van der Waals surface area contributed by atoms with Crippen LogP contribution in [0.5, 0.6) is 11.5 Å². The summed E-state index contributed by atoms with van der Waals surface area (Å²) in [5.41, 5.74) is 0.705. The molecule has 3 aliphatic rings. The van der Waals surface area contributed by atoms with E-state index in [2.05, 4.69) is 5.32 Å². The first-order chi connectivity index (χ1) is 16.3. The molecule has 182 valence electrons. The molecule has 1 aromatic carbocycles. The zero-order valence-corrected chi connectivity index (χ0v) is 20.9. The minimum absolute atomic E-state index is 0.00496. The number of thioether (sulfide) groups is 2. The van der Waals surface area contributed by atoms with Gasteiger partial charge in [-0.05, 0) is 55.8 Å². The molecule has 4 rings (SSSR count). The topological polar surface area (TPSA) is 105 Å². The molecule has 4 amide bonds. The zero-order chi connectivity index (χ0) is 24.5. The highest BCUT2D eigenvalue weighted by Gasteiger charge is 2.52. The average molecular weight is 506 g/mol. The third kappa shape index (κ3) is 4.63. The second-order valence-electron chi connectivity index (χ2n) is 8.23. The Bertz CT molecular complexity index is 1060. The van der Waals surface area contributed by atoms with Crippen molar-refractivity contribution < 1.29 is 28.7 Å². The summed E-state index contributed by atoms with van der Waals surface area (Å²) in [6.45, 7) is 4.55. The van der Waals surface area contributed by atoms with Crippen LogP contribution in [0.25, 0.3) is 6.08 Å². The van der Waals surface area contributed by atoms with Crippen LogP contribution in [0.15, 0.2) is 23.1 Å². The molecule has 11 heteroatoms. The quantitative estimate of drug-likeness (QED) is 0.538. The highest BCUT2D eigenvalue weighted by atomic mass is 32.2. The molecule has 2 atom stereocenters. The summed E-state index contributed by atoms with van der Waals surface area (Å²) >= 11 is 2.48. The summed E-state index contributed by atoms with van der Waals surface area (Å²) in [6.07, 6.45) is 2.83. The van der Waals surface area contributed by atoms with Crippen LogP contribution in [0, 0.1) is 0 Å². The van der Waals surface area contributed by atoms with Crippen molar-refractivity contribution in [3.63, 3.8) is 0 Å². The van der Waals surface area contributed by atoms with Crippen molar-refractivity contribution in [2.24, 2.45) is 0 Å². The Morgan fingerprint density at radius 1 is 1.29 bits per heavy atom. The summed E-state index contributed by atoms with van der Waals surface area (Å²) in [7, 11) is 1.54. The van der Waals surface area contributed by atoms with Crippen LogP contribution in [-0.4, -0.2) is 76.2 Å². The predicted molar refractivity (Wildman–Crippen MR) is 131 cm³/mol. The molecule has 0 radical (unpaired) electrons. The van der Waals surface area contributed by atoms with E-state index in [-0.39, 0.29) is 35.0 Å². The second kappa shape index (κ2) is 9.91. The van der Waals surface area contributed by atoms with Gasteiger partial charge in [0, 0.05) is 25.3 Å². The van der Waals surface area contributed by atoms with Gasteiger partial charge in [0.15, 0.2) is 11.5 Å². The van der Waals surface area contributed by atoms with E-state index in [0.717, 1.165) is 23.1 Å². The predicted octanol–water partition coefficient (Wildman–Crippen LogP) is 2.70. The van der Waals surface area contributed by atoms with Crippen LogP contribution in [0.3, 0.4) is 0 Å². The van der Waals surface area contributed by atoms with Gasteiger partial charge in [0.05, 0.1) is 23.5 Å². The summed E-state index contributed by atoms with van der Waals surface area (Å²) < 4.78 is 10.8. The fraction of sp³-hybridized carbons (Fsp3) is 0.478. The molecule has 3 aliphatic heterocycles. The van der Waals surface area contributed by atoms with Crippen LogP contribution in [0.2, 0.25) is 0 Å². The average Bonchev–Trinajstić information content (AvgIpc) is 3.40. The highest BCUT2D eigenvalue weighted by Crippen LogP contribution is 2.47. The van der Waals surface area contributed by atoms with Crippen LogP contribution >= 0.6 is 23.5 Å². The van der Waals surface area contributed by atoms with Crippen molar-refractivity contribution in [3.05, 3.63) is 28.7 Å². The molecule has 34 heavy (non-hydrogen) atoms. The van der Waals surface area contributed by atoms with Crippen LogP contribution in [0.1, 0.15) is 32.3 Å². The molecule has 9 nitrogen and oxygen atoms in total. The van der Waals surface area contributed by atoms with E-state index >= 15 is 0 Å². The number of amides is 4. The van der Waals surface area contributed by atoms with E-state index in [0.29, 0.717) is 40.7 Å². The molecule has 0 bridgehead atoms. The smallest absolute Gasteiger partial charge is 0.293 e. The van der Waals surface area contributed by atoms with E-state index in [1.807, 2.05) is 13.8 Å². The monoisotopic (exact) mass is 505 g/mol. The number of ether oxygens (including phenoxy) is 2. The lowest BCUT2D eigenvalue weighted by Gasteiger charge is -2.29. The van der Waals surface area contributed by atoms with Crippen LogP contribution in [0.4, 0.5) is 4.79 Å². The molecular weight excluding hydrogens is 478 g/mol. The van der Waals surface area contributed by atoms with Crippen molar-refractivity contribution in [1.29, 1.82) is 0 Å². The minimum Gasteiger partial charge on any atom is -0.493 e. The lowest BCUT2D eigenvalue weighted by Crippen LogP contribution is -2.51. The first kappa shape index (κ1) is 24.5. The molecule has 0 aromatic heterocycles. The Labute approximate surface area is 206 Å². The molecule has 0 spiro atoms. The van der Waals surface area contributed by atoms with Crippen molar-refractivity contribution in [2.45, 2.75) is 37.6 Å². The van der Waals surface area contributed by atoms with Gasteiger partial charge in [-0.1, -0.05) is 6.07 Å². The Kier molecular flexibility index (Phi) is 7.13. The van der Waals surface area contributed by atoms with Crippen LogP contribution in [-0.2, 0) is 14.4 Å². The summed E-state index contributed by atoms with van der Waals surface area (Å²) in [5.74, 6) is 1.02. The molecule has 3 fully saturated rings. The molecule has 1 N–H and O–H groups in total. The molecule has 3 heterocycles. The van der Waals surface area contributed by atoms with Gasteiger partial charge < -0.3 is 19.7 Å². The molecule has 3 saturated heterocycles. The lowest BCUT2D eigenvalue weighted by molar-refractivity contribution is -0.137. The number of carbonyl (C=O) groups is 4. The molecular formula is C23H27N3O6S2. The van der Waals surface area contributed by atoms with Gasteiger partial charge >= 0.3 is 0 Å². The first-order valence-electron chi connectivity index (χ1n) is 11.1. The minimum atomic E-state index is -0.519. The van der Waals surface area contributed by atoms with Gasteiger partial charge in [-0.3, -0.25) is 24.1 Å². The number of hydrogen-bond donors (Lipinski definition) is 1. The van der Waals surface area contributed by atoms with Crippen LogP contribution < -0.4 is 14.8 Å². The normalized spacial score (nSPS) is 25.3. The molecule has 0 unspecified atom stereocenters. The van der Waals surface area contributed by atoms with Gasteiger partial charge in [0.1, 0.15) is 6.04 Å². The van der Waals surface area contributed by atoms with E-state index in [4.69, 9.17) is 9.47 Å². The highest BCUT2D eigenvalue weighted by molar-refractivity contribution is 8.18. The van der Waals surface area contributed by atoms with Gasteiger partial charge in [-0.15, -0.1) is 11.8 Å². The lowest BCUT2D eigenvalue weighted by atomic mass is 10.2. The first-order valence-corrected chi connectivity index (χ1v) is 12.9. The van der Waals surface area contributed by atoms with Gasteiger partial charge in [-0.2, -0.15) is 0 Å². The molecule has 0 aliphatic carbocycles. The number of nitrogens with one attached hydrogen (secondary N) is 1. The number of methoxy groups -OCH3 is 1. The maximum atomic E-state index is 12.8. The Morgan fingerprint density at radius 2 is 2.09 bits per heavy atom. The standard InChI is InChI=1S/C23H27N3O6S2/c1-4-32-16-6-5-14(11-17(16)31-3)12-18-21(29)25(22(30)34-18)10-9-24-20(28)15-13-33-23(2)8-7-19(27)26(15)23/h5-6,11-12,15H,4,7-10,13H2,1-3H3,(H,24,28)/b18-12+/t15-,23+/m1/s1. The number of nitrogens with zero attached hydrogens (tertiary/aromatic N) is 2. The van der Waals surface area contributed by atoms with E-state index in [1.165, 1.54) is 7.11 Å². The number of rotatable bonds is 8. The third-order valence-electron chi connectivity index (χ3n) is 6.04. The number of hydrogen-bond acceptors (Lipinski definition) is 8. The van der Waals surface area contributed by atoms with E-state index in [9.17, 15) is 19.2 Å². The van der Waals surface area contributed by atoms with E-state index in [1.54, 1.807) is 40.9 Å². The number of fused-ring (bicyclic) bond motifs is 1. The fourth-order valence-electron chi connectivity index (χ4n) is 4.32. The third-order valence-corrected chi connectivity index (χ3v) is 8.45. The summed E-state index contributed by atoms with van der Waals surface area (Å²) in [6, 6.07) is 4.76. The molecule has 0 saturated carbocycles. The zero-order valence-electron chi connectivity index (χ0n) is 19.3. The Balaban J connectivity index is 1.35. The van der Waals surface area contributed by atoms with Crippen molar-refractivity contribution >= 4 is 52.6 Å². The van der Waals surface area contributed by atoms with E-state index < -0.39 is 11.9 Å². The van der Waals surface area contributed by atoms with Gasteiger partial charge in [-0.25, -0.2) is 0 Å². The SMILES string of the molecule is CCOc1ccc(/C=C2/SC(=O)N(CCNC(=O)[C@H]3CS[C@@]4(C)CCC(=O)N34)C2=O)cc1OC. The maximum Gasteiger partial charge on any atom is 0.293 e. The Morgan fingerprint density at radius 3 is 2.82 bits per heavy atom. The fourth-order valence-corrected chi connectivity index (χ4v) is 6.61. The maximum absolute atomic E-state index is 12.8. The number of carbonyl (C=O) groups excluding carboxylic acids is 4. The van der Waals surface area contributed by atoms with Crippen molar-refractivity contribution in [1.82, 2.24) is 15.1 Å². The number of benzene rings is 1. The van der Waals surface area contributed by atoms with Crippen molar-refractivity contribution in [3.8, 4) is 11.5 Å². The van der Waals surface area contributed by atoms with Crippen molar-refractivity contribution in [2.75, 3.05) is 32.6 Å².